The van der Waals surface area contributed by atoms with Crippen molar-refractivity contribution in [2.45, 2.75) is 39.2 Å². The molecule has 0 aromatic heterocycles. The zero-order valence-electron chi connectivity index (χ0n) is 11.2. The monoisotopic (exact) mass is 272 g/mol. The smallest absolute Gasteiger partial charge is 0.326 e. The van der Waals surface area contributed by atoms with Crippen LogP contribution in [0.5, 0.6) is 0 Å². The van der Waals surface area contributed by atoms with E-state index in [9.17, 15) is 14.4 Å². The van der Waals surface area contributed by atoms with Crippen LogP contribution in [0, 0.1) is 5.41 Å². The van der Waals surface area contributed by atoms with Crippen LogP contribution < -0.4 is 5.32 Å². The fourth-order valence-corrected chi connectivity index (χ4v) is 2.05. The maximum Gasteiger partial charge on any atom is 0.326 e. The van der Waals surface area contributed by atoms with Gasteiger partial charge in [-0.15, -0.1) is 0 Å². The van der Waals surface area contributed by atoms with E-state index in [2.05, 4.69) is 5.32 Å². The molecule has 7 heteroatoms. The molecule has 0 aromatic carbocycles. The van der Waals surface area contributed by atoms with Gasteiger partial charge < -0.3 is 20.4 Å². The summed E-state index contributed by atoms with van der Waals surface area (Å²) in [6.45, 7) is 5.24. The van der Waals surface area contributed by atoms with Crippen LogP contribution >= 0.6 is 0 Å². The number of hydrogen-bond acceptors (Lipinski definition) is 3. The van der Waals surface area contributed by atoms with Crippen LogP contribution in [0.25, 0.3) is 0 Å². The van der Waals surface area contributed by atoms with Crippen molar-refractivity contribution in [1.82, 2.24) is 10.2 Å². The van der Waals surface area contributed by atoms with Crippen LogP contribution in [-0.2, 0) is 9.59 Å². The number of aliphatic carboxylic acids is 2. The summed E-state index contributed by atoms with van der Waals surface area (Å²) < 4.78 is 0. The van der Waals surface area contributed by atoms with Gasteiger partial charge in [0.25, 0.3) is 0 Å². The summed E-state index contributed by atoms with van der Waals surface area (Å²) in [5, 5.41) is 19.9. The molecule has 108 valence electrons. The molecule has 1 fully saturated rings. The lowest BCUT2D eigenvalue weighted by Crippen LogP contribution is -2.47. The van der Waals surface area contributed by atoms with E-state index in [0.29, 0.717) is 13.1 Å². The van der Waals surface area contributed by atoms with E-state index < -0.39 is 24.0 Å². The van der Waals surface area contributed by atoms with E-state index in [-0.39, 0.29) is 18.3 Å². The largest absolute Gasteiger partial charge is 0.481 e. The van der Waals surface area contributed by atoms with Crippen LogP contribution in [-0.4, -0.2) is 52.2 Å². The van der Waals surface area contributed by atoms with Gasteiger partial charge in [0, 0.05) is 19.5 Å². The fraction of sp³-hybridized carbons (Fsp3) is 0.750. The Bertz CT molecular complexity index is 380. The minimum absolute atomic E-state index is 0.0388. The average molecular weight is 272 g/mol. The molecule has 1 heterocycles. The maximum absolute atomic E-state index is 11.9. The number of carbonyl (C=O) groups is 3. The van der Waals surface area contributed by atoms with Gasteiger partial charge in [-0.3, -0.25) is 4.79 Å². The third kappa shape index (κ3) is 4.76. The Labute approximate surface area is 111 Å². The van der Waals surface area contributed by atoms with Gasteiger partial charge in [-0.2, -0.15) is 0 Å². The molecule has 0 unspecified atom stereocenters. The predicted molar refractivity (Wildman–Crippen MR) is 66.8 cm³/mol. The molecule has 3 N–H and O–H groups in total. The predicted octanol–water partition coefficient (Wildman–Crippen LogP) is 0.746. The first-order valence-corrected chi connectivity index (χ1v) is 6.21. The van der Waals surface area contributed by atoms with Gasteiger partial charge in [0.1, 0.15) is 6.04 Å². The van der Waals surface area contributed by atoms with Crippen LogP contribution in [0.15, 0.2) is 0 Å². The third-order valence-corrected chi connectivity index (χ3v) is 3.21. The van der Waals surface area contributed by atoms with E-state index in [0.717, 1.165) is 6.42 Å². The third-order valence-electron chi connectivity index (χ3n) is 3.21. The molecule has 2 amide bonds. The van der Waals surface area contributed by atoms with Gasteiger partial charge in [0.05, 0.1) is 0 Å². The molecule has 0 spiro atoms. The number of nitrogens with zero attached hydrogens (tertiary/aromatic N) is 1. The number of amides is 2. The second kappa shape index (κ2) is 5.90. The quantitative estimate of drug-likeness (QED) is 0.684. The van der Waals surface area contributed by atoms with E-state index >= 15 is 0 Å². The number of hydrogen-bond donors (Lipinski definition) is 3. The zero-order valence-corrected chi connectivity index (χ0v) is 11.2. The lowest BCUT2D eigenvalue weighted by atomic mass is 9.93. The van der Waals surface area contributed by atoms with Crippen LogP contribution in [0.3, 0.4) is 0 Å². The van der Waals surface area contributed by atoms with Crippen molar-refractivity contribution in [1.29, 1.82) is 0 Å². The number of rotatable bonds is 5. The summed E-state index contributed by atoms with van der Waals surface area (Å²) in [6.07, 6.45) is 0.462. The Morgan fingerprint density at radius 3 is 2.37 bits per heavy atom. The Kier molecular flexibility index (Phi) is 4.74. The highest BCUT2D eigenvalue weighted by Crippen LogP contribution is 2.28. The van der Waals surface area contributed by atoms with Crippen molar-refractivity contribution in [3.8, 4) is 0 Å². The average Bonchev–Trinajstić information content (AvgIpc) is 2.64. The summed E-state index contributed by atoms with van der Waals surface area (Å²) in [5.74, 6) is -2.30. The minimum atomic E-state index is -1.21. The lowest BCUT2D eigenvalue weighted by Gasteiger charge is -2.22. The molecule has 1 aliphatic rings. The topological polar surface area (TPSA) is 107 Å². The van der Waals surface area contributed by atoms with E-state index in [4.69, 9.17) is 10.2 Å². The maximum atomic E-state index is 11.9. The van der Waals surface area contributed by atoms with Crippen molar-refractivity contribution in [3.05, 3.63) is 0 Å². The molecule has 0 radical (unpaired) electrons. The summed E-state index contributed by atoms with van der Waals surface area (Å²) >= 11 is 0. The molecule has 0 bridgehead atoms. The molecule has 0 aliphatic carbocycles. The van der Waals surface area contributed by atoms with Crippen molar-refractivity contribution < 1.29 is 24.6 Å². The van der Waals surface area contributed by atoms with Gasteiger partial charge in [-0.05, 0) is 18.3 Å². The van der Waals surface area contributed by atoms with Gasteiger partial charge >= 0.3 is 18.0 Å². The molecular formula is C12H20N2O5. The van der Waals surface area contributed by atoms with E-state index in [1.165, 1.54) is 0 Å². The number of carbonyl (C=O) groups excluding carboxylic acids is 1. The normalized spacial score (nSPS) is 18.9. The highest BCUT2D eigenvalue weighted by atomic mass is 16.4. The van der Waals surface area contributed by atoms with E-state index in [1.54, 1.807) is 4.90 Å². The highest BCUT2D eigenvalue weighted by molar-refractivity contribution is 5.83. The number of likely N-dealkylation sites (tertiary alicyclic amines) is 1. The van der Waals surface area contributed by atoms with Crippen molar-refractivity contribution in [2.24, 2.45) is 5.41 Å². The minimum Gasteiger partial charge on any atom is -0.481 e. The highest BCUT2D eigenvalue weighted by Gasteiger charge is 2.33. The van der Waals surface area contributed by atoms with Crippen molar-refractivity contribution in [3.63, 3.8) is 0 Å². The summed E-state index contributed by atoms with van der Waals surface area (Å²) in [4.78, 5) is 34.9. The summed E-state index contributed by atoms with van der Waals surface area (Å²) in [7, 11) is 0. The fourth-order valence-electron chi connectivity index (χ4n) is 2.05. The second-order valence-corrected chi connectivity index (χ2v) is 5.61. The molecule has 19 heavy (non-hydrogen) atoms. The van der Waals surface area contributed by atoms with Gasteiger partial charge in [-0.25, -0.2) is 9.59 Å². The molecule has 1 atom stereocenters. The van der Waals surface area contributed by atoms with Crippen molar-refractivity contribution in [2.75, 3.05) is 13.1 Å². The lowest BCUT2D eigenvalue weighted by molar-refractivity contribution is -0.140. The number of carboxylic acid groups (broad SMARTS) is 2. The van der Waals surface area contributed by atoms with Gasteiger partial charge in [0.15, 0.2) is 0 Å². The first-order chi connectivity index (χ1) is 8.71. The molecule has 0 aromatic rings. The van der Waals surface area contributed by atoms with Gasteiger partial charge in [-0.1, -0.05) is 13.8 Å². The number of carboxylic acids is 2. The van der Waals surface area contributed by atoms with Crippen LogP contribution in [0.4, 0.5) is 4.79 Å². The standard InChI is InChI=1S/C12H20N2O5/c1-12(2)5-6-14(7-12)11(19)13-8(10(17)18)3-4-9(15)16/h8H,3-7H2,1-2H3,(H,13,19)(H,15,16)(H,17,18)/t8-/m0/s1. The van der Waals surface area contributed by atoms with Crippen molar-refractivity contribution >= 4 is 18.0 Å². The Balaban J connectivity index is 2.52. The number of urea groups is 1. The summed E-state index contributed by atoms with van der Waals surface area (Å²) in [6, 6.07) is -1.60. The SMILES string of the molecule is CC1(C)CCN(C(=O)N[C@@H](CCC(=O)O)C(=O)O)C1. The zero-order chi connectivity index (χ0) is 14.6. The Morgan fingerprint density at radius 2 is 1.95 bits per heavy atom. The molecule has 1 saturated heterocycles. The summed E-state index contributed by atoms with van der Waals surface area (Å²) in [5.41, 5.74) is 0.0388. The molecule has 1 aliphatic heterocycles. The number of nitrogens with one attached hydrogen (secondary N) is 1. The van der Waals surface area contributed by atoms with Gasteiger partial charge in [0.2, 0.25) is 0 Å². The van der Waals surface area contributed by atoms with Crippen LogP contribution in [0.1, 0.15) is 33.1 Å². The molecular weight excluding hydrogens is 252 g/mol. The van der Waals surface area contributed by atoms with E-state index in [1.807, 2.05) is 13.8 Å². The first kappa shape index (κ1) is 15.3. The first-order valence-electron chi connectivity index (χ1n) is 6.21. The molecule has 1 rings (SSSR count). The molecule has 0 saturated carbocycles. The Morgan fingerprint density at radius 1 is 1.32 bits per heavy atom. The van der Waals surface area contributed by atoms with Crippen LogP contribution in [0.2, 0.25) is 0 Å². The second-order valence-electron chi connectivity index (χ2n) is 5.61. The Hall–Kier alpha value is -1.79. The molecule has 7 nitrogen and oxygen atoms in total.